The predicted octanol–water partition coefficient (Wildman–Crippen LogP) is 4.58. The van der Waals surface area contributed by atoms with Crippen LogP contribution in [-0.4, -0.2) is 12.5 Å². The van der Waals surface area contributed by atoms with E-state index in [1.54, 1.807) is 0 Å². The summed E-state index contributed by atoms with van der Waals surface area (Å²) in [6, 6.07) is 12.2. The van der Waals surface area contributed by atoms with Crippen LogP contribution >= 0.6 is 0 Å². The van der Waals surface area contributed by atoms with Crippen LogP contribution in [0.2, 0.25) is 0 Å². The molecule has 0 bridgehead atoms. The zero-order valence-corrected chi connectivity index (χ0v) is 14.4. The molecule has 0 saturated heterocycles. The van der Waals surface area contributed by atoms with Crippen molar-refractivity contribution in [2.75, 3.05) is 11.9 Å². The van der Waals surface area contributed by atoms with Gasteiger partial charge < -0.3 is 10.1 Å². The standard InChI is InChI=1S/C20H25NO2/c1-5-17-8-6-7-16(4)20(17)21-19(22)11-12-23-18-13-14(2)9-10-15(18)3/h6-10,13H,5,11-12H2,1-4H3,(H,21,22). The van der Waals surface area contributed by atoms with Crippen LogP contribution in [0.4, 0.5) is 5.69 Å². The van der Waals surface area contributed by atoms with Gasteiger partial charge in [-0.1, -0.05) is 37.3 Å². The molecule has 1 N–H and O–H groups in total. The molecule has 122 valence electrons. The van der Waals surface area contributed by atoms with Crippen molar-refractivity contribution in [2.24, 2.45) is 0 Å². The molecule has 0 fully saturated rings. The van der Waals surface area contributed by atoms with Crippen molar-refractivity contribution in [2.45, 2.75) is 40.5 Å². The lowest BCUT2D eigenvalue weighted by atomic mass is 10.1. The van der Waals surface area contributed by atoms with E-state index in [0.717, 1.165) is 40.1 Å². The molecule has 23 heavy (non-hydrogen) atoms. The Morgan fingerprint density at radius 1 is 1.09 bits per heavy atom. The number of carbonyl (C=O) groups is 1. The van der Waals surface area contributed by atoms with Crippen LogP contribution in [0.25, 0.3) is 0 Å². The van der Waals surface area contributed by atoms with Crippen molar-refractivity contribution >= 4 is 11.6 Å². The molecule has 0 atom stereocenters. The molecule has 0 saturated carbocycles. The molecular formula is C20H25NO2. The number of carbonyl (C=O) groups excluding carboxylic acids is 1. The summed E-state index contributed by atoms with van der Waals surface area (Å²) in [5.41, 5.74) is 5.43. The van der Waals surface area contributed by atoms with Gasteiger partial charge in [-0.15, -0.1) is 0 Å². The summed E-state index contributed by atoms with van der Waals surface area (Å²) in [5.74, 6) is 0.835. The molecule has 1 amide bonds. The SMILES string of the molecule is CCc1cccc(C)c1NC(=O)CCOc1cc(C)ccc1C. The fourth-order valence-electron chi connectivity index (χ4n) is 2.52. The highest BCUT2D eigenvalue weighted by Crippen LogP contribution is 2.22. The maximum absolute atomic E-state index is 12.2. The molecule has 2 aromatic carbocycles. The fourth-order valence-corrected chi connectivity index (χ4v) is 2.52. The van der Waals surface area contributed by atoms with E-state index in [-0.39, 0.29) is 5.91 Å². The second-order valence-corrected chi connectivity index (χ2v) is 5.88. The van der Waals surface area contributed by atoms with Gasteiger partial charge in [-0.2, -0.15) is 0 Å². The minimum atomic E-state index is -0.0145. The summed E-state index contributed by atoms with van der Waals surface area (Å²) in [6.07, 6.45) is 1.24. The Bertz CT molecular complexity index is 692. The van der Waals surface area contributed by atoms with E-state index >= 15 is 0 Å². The molecule has 0 aromatic heterocycles. The van der Waals surface area contributed by atoms with Gasteiger partial charge in [0.1, 0.15) is 5.75 Å². The Hall–Kier alpha value is -2.29. The minimum absolute atomic E-state index is 0.0145. The number of rotatable bonds is 6. The van der Waals surface area contributed by atoms with Gasteiger partial charge in [0.2, 0.25) is 5.91 Å². The molecule has 2 aromatic rings. The highest BCUT2D eigenvalue weighted by atomic mass is 16.5. The number of aryl methyl sites for hydroxylation is 4. The van der Waals surface area contributed by atoms with Crippen LogP contribution in [0.5, 0.6) is 5.75 Å². The molecule has 0 aliphatic rings. The smallest absolute Gasteiger partial charge is 0.227 e. The molecule has 3 heteroatoms. The first-order chi connectivity index (χ1) is 11.0. The molecule has 0 unspecified atom stereocenters. The Balaban J connectivity index is 1.92. The van der Waals surface area contributed by atoms with Gasteiger partial charge in [0.25, 0.3) is 0 Å². The summed E-state index contributed by atoms with van der Waals surface area (Å²) in [5, 5.41) is 3.02. The highest BCUT2D eigenvalue weighted by Gasteiger charge is 2.09. The molecule has 0 aliphatic heterocycles. The second kappa shape index (κ2) is 7.82. The summed E-state index contributed by atoms with van der Waals surface area (Å²) < 4.78 is 5.75. The first kappa shape index (κ1) is 17.1. The van der Waals surface area contributed by atoms with Crippen LogP contribution in [0, 0.1) is 20.8 Å². The first-order valence-electron chi connectivity index (χ1n) is 8.09. The number of para-hydroxylation sites is 1. The number of benzene rings is 2. The third-order valence-corrected chi connectivity index (χ3v) is 3.93. The van der Waals surface area contributed by atoms with Crippen LogP contribution < -0.4 is 10.1 Å². The third-order valence-electron chi connectivity index (χ3n) is 3.93. The number of anilines is 1. The van der Waals surface area contributed by atoms with E-state index in [1.807, 2.05) is 45.0 Å². The molecule has 0 heterocycles. The Morgan fingerprint density at radius 2 is 1.87 bits per heavy atom. The quantitative estimate of drug-likeness (QED) is 0.848. The Kier molecular flexibility index (Phi) is 5.80. The molecule has 0 aliphatic carbocycles. The van der Waals surface area contributed by atoms with E-state index in [1.165, 1.54) is 0 Å². The Morgan fingerprint density at radius 3 is 2.61 bits per heavy atom. The van der Waals surface area contributed by atoms with Crippen LogP contribution in [-0.2, 0) is 11.2 Å². The maximum atomic E-state index is 12.2. The summed E-state index contributed by atoms with van der Waals surface area (Å²) >= 11 is 0. The van der Waals surface area contributed by atoms with E-state index in [2.05, 4.69) is 24.4 Å². The van der Waals surface area contributed by atoms with E-state index in [0.29, 0.717) is 13.0 Å². The summed E-state index contributed by atoms with van der Waals surface area (Å²) in [6.45, 7) is 8.53. The first-order valence-corrected chi connectivity index (χ1v) is 8.09. The fraction of sp³-hybridized carbons (Fsp3) is 0.350. The van der Waals surface area contributed by atoms with Gasteiger partial charge >= 0.3 is 0 Å². The molecule has 2 rings (SSSR count). The average molecular weight is 311 g/mol. The summed E-state index contributed by atoms with van der Waals surface area (Å²) in [4.78, 5) is 12.2. The van der Waals surface area contributed by atoms with Gasteiger partial charge in [0, 0.05) is 5.69 Å². The number of hydrogen-bond acceptors (Lipinski definition) is 2. The van der Waals surface area contributed by atoms with Crippen molar-refractivity contribution < 1.29 is 9.53 Å². The van der Waals surface area contributed by atoms with Crippen LogP contribution in [0.1, 0.15) is 35.6 Å². The number of nitrogens with one attached hydrogen (secondary N) is 1. The molecule has 0 radical (unpaired) electrons. The maximum Gasteiger partial charge on any atom is 0.227 e. The monoisotopic (exact) mass is 311 g/mol. The van der Waals surface area contributed by atoms with E-state index in [4.69, 9.17) is 4.74 Å². The predicted molar refractivity (Wildman–Crippen MR) is 95.2 cm³/mol. The van der Waals surface area contributed by atoms with Crippen LogP contribution in [0.3, 0.4) is 0 Å². The van der Waals surface area contributed by atoms with Crippen molar-refractivity contribution in [1.29, 1.82) is 0 Å². The molecule has 3 nitrogen and oxygen atoms in total. The normalized spacial score (nSPS) is 10.4. The highest BCUT2D eigenvalue weighted by molar-refractivity contribution is 5.92. The lowest BCUT2D eigenvalue weighted by Crippen LogP contribution is -2.17. The van der Waals surface area contributed by atoms with E-state index in [9.17, 15) is 4.79 Å². The zero-order valence-electron chi connectivity index (χ0n) is 14.4. The lowest BCUT2D eigenvalue weighted by Gasteiger charge is -2.14. The van der Waals surface area contributed by atoms with E-state index < -0.39 is 0 Å². The third kappa shape index (κ3) is 4.59. The second-order valence-electron chi connectivity index (χ2n) is 5.88. The zero-order chi connectivity index (χ0) is 16.8. The topological polar surface area (TPSA) is 38.3 Å². The van der Waals surface area contributed by atoms with Crippen LogP contribution in [0.15, 0.2) is 36.4 Å². The summed E-state index contributed by atoms with van der Waals surface area (Å²) in [7, 11) is 0. The van der Waals surface area contributed by atoms with Crippen molar-refractivity contribution in [3.8, 4) is 5.75 Å². The minimum Gasteiger partial charge on any atom is -0.493 e. The van der Waals surface area contributed by atoms with Gasteiger partial charge in [-0.25, -0.2) is 0 Å². The van der Waals surface area contributed by atoms with Crippen molar-refractivity contribution in [3.63, 3.8) is 0 Å². The molecule has 0 spiro atoms. The van der Waals surface area contributed by atoms with Gasteiger partial charge in [-0.05, 0) is 55.5 Å². The lowest BCUT2D eigenvalue weighted by molar-refractivity contribution is -0.116. The number of amides is 1. The van der Waals surface area contributed by atoms with Crippen molar-refractivity contribution in [1.82, 2.24) is 0 Å². The molecular weight excluding hydrogens is 286 g/mol. The Labute approximate surface area is 138 Å². The van der Waals surface area contributed by atoms with Crippen molar-refractivity contribution in [3.05, 3.63) is 58.7 Å². The number of ether oxygens (including phenoxy) is 1. The van der Waals surface area contributed by atoms with Gasteiger partial charge in [0.15, 0.2) is 0 Å². The average Bonchev–Trinajstić information content (AvgIpc) is 2.52. The van der Waals surface area contributed by atoms with Gasteiger partial charge in [-0.3, -0.25) is 4.79 Å². The largest absolute Gasteiger partial charge is 0.493 e. The number of hydrogen-bond donors (Lipinski definition) is 1. The van der Waals surface area contributed by atoms with Gasteiger partial charge in [0.05, 0.1) is 13.0 Å².